The number of ether oxygens (including phenoxy) is 3. The topological polar surface area (TPSA) is 94.2 Å². The van der Waals surface area contributed by atoms with Gasteiger partial charge in [-0.15, -0.1) is 0 Å². The summed E-state index contributed by atoms with van der Waals surface area (Å²) in [6, 6.07) is -0.743. The van der Waals surface area contributed by atoms with Crippen LogP contribution in [0.2, 0.25) is 0 Å². The van der Waals surface area contributed by atoms with E-state index in [4.69, 9.17) is 14.2 Å². The molecular formula is C15H30N2O6S. The van der Waals surface area contributed by atoms with Crippen LogP contribution in [-0.2, 0) is 29.0 Å². The largest absolute Gasteiger partial charge is 0.382 e. The Hall–Kier alpha value is -0.740. The molecule has 0 bridgehead atoms. The van der Waals surface area contributed by atoms with Crippen molar-refractivity contribution in [2.75, 3.05) is 59.0 Å². The van der Waals surface area contributed by atoms with E-state index in [1.807, 2.05) is 13.8 Å². The highest BCUT2D eigenvalue weighted by Crippen LogP contribution is 2.11. The smallest absolute Gasteiger partial charge is 0.240 e. The zero-order chi connectivity index (χ0) is 18.0. The summed E-state index contributed by atoms with van der Waals surface area (Å²) < 4.78 is 42.3. The molecule has 1 atom stereocenters. The maximum Gasteiger partial charge on any atom is 0.240 e. The van der Waals surface area contributed by atoms with Gasteiger partial charge in [0.1, 0.15) is 6.04 Å². The minimum Gasteiger partial charge on any atom is -0.382 e. The van der Waals surface area contributed by atoms with Gasteiger partial charge in [-0.2, -0.15) is 0 Å². The molecule has 1 aliphatic heterocycles. The molecule has 0 saturated carbocycles. The van der Waals surface area contributed by atoms with Crippen molar-refractivity contribution in [3.63, 3.8) is 0 Å². The molecule has 1 N–H and O–H groups in total. The fourth-order valence-corrected chi connectivity index (χ4v) is 3.45. The predicted octanol–water partition coefficient (Wildman–Crippen LogP) is -0.158. The van der Waals surface area contributed by atoms with Gasteiger partial charge in [-0.1, -0.05) is 13.8 Å². The Morgan fingerprint density at radius 2 is 1.88 bits per heavy atom. The molecule has 0 aromatic rings. The third-order valence-electron chi connectivity index (χ3n) is 3.58. The molecule has 0 aromatic carbocycles. The molecule has 1 saturated heterocycles. The second-order valence-electron chi connectivity index (χ2n) is 6.16. The number of hydrogen-bond donors (Lipinski definition) is 1. The van der Waals surface area contributed by atoms with Crippen molar-refractivity contribution in [1.82, 2.24) is 9.62 Å². The fourth-order valence-electron chi connectivity index (χ4n) is 2.36. The molecule has 0 aliphatic carbocycles. The highest BCUT2D eigenvalue weighted by Gasteiger charge is 2.29. The van der Waals surface area contributed by atoms with Crippen LogP contribution < -0.4 is 4.72 Å². The molecular weight excluding hydrogens is 336 g/mol. The van der Waals surface area contributed by atoms with Crippen LogP contribution in [0.25, 0.3) is 0 Å². The van der Waals surface area contributed by atoms with Crippen molar-refractivity contribution in [2.45, 2.75) is 26.3 Å². The molecule has 24 heavy (non-hydrogen) atoms. The van der Waals surface area contributed by atoms with Crippen LogP contribution in [0.15, 0.2) is 0 Å². The molecule has 142 valence electrons. The number of nitrogens with zero attached hydrogens (tertiary/aromatic N) is 1. The zero-order valence-electron chi connectivity index (χ0n) is 14.8. The number of nitrogens with one attached hydrogen (secondary N) is 1. The second kappa shape index (κ2) is 11.0. The number of sulfonamides is 1. The van der Waals surface area contributed by atoms with E-state index in [0.29, 0.717) is 45.9 Å². The lowest BCUT2D eigenvalue weighted by Gasteiger charge is -2.31. The van der Waals surface area contributed by atoms with Gasteiger partial charge in [0, 0.05) is 20.2 Å². The van der Waals surface area contributed by atoms with E-state index in [0.717, 1.165) is 0 Å². The van der Waals surface area contributed by atoms with E-state index in [-0.39, 0.29) is 24.2 Å². The first-order valence-corrected chi connectivity index (χ1v) is 9.94. The Labute approximate surface area is 144 Å². The first kappa shape index (κ1) is 21.3. The predicted molar refractivity (Wildman–Crippen MR) is 90.3 cm³/mol. The monoisotopic (exact) mass is 366 g/mol. The van der Waals surface area contributed by atoms with Gasteiger partial charge in [-0.05, 0) is 12.3 Å². The molecule has 8 nitrogen and oxygen atoms in total. The molecule has 1 fully saturated rings. The molecule has 1 aliphatic rings. The highest BCUT2D eigenvalue weighted by molar-refractivity contribution is 7.89. The summed E-state index contributed by atoms with van der Waals surface area (Å²) in [6.07, 6.45) is 0.458. The highest BCUT2D eigenvalue weighted by atomic mass is 32.2. The van der Waals surface area contributed by atoms with Crippen molar-refractivity contribution in [1.29, 1.82) is 0 Å². The lowest BCUT2D eigenvalue weighted by Crippen LogP contribution is -2.52. The zero-order valence-corrected chi connectivity index (χ0v) is 15.6. The molecule has 9 heteroatoms. The first-order chi connectivity index (χ1) is 11.4. The molecule has 1 unspecified atom stereocenters. The van der Waals surface area contributed by atoms with Crippen LogP contribution in [0.3, 0.4) is 0 Å². The minimum atomic E-state index is -3.59. The summed E-state index contributed by atoms with van der Waals surface area (Å²) in [6.45, 7) is 6.71. The van der Waals surface area contributed by atoms with Gasteiger partial charge in [0.15, 0.2) is 0 Å². The van der Waals surface area contributed by atoms with Gasteiger partial charge in [0.05, 0.1) is 38.8 Å². The minimum absolute atomic E-state index is 0.0683. The summed E-state index contributed by atoms with van der Waals surface area (Å²) in [5, 5.41) is 0. The Bertz CT molecular complexity index is 463. The quantitative estimate of drug-likeness (QED) is 0.511. The first-order valence-electron chi connectivity index (χ1n) is 8.29. The van der Waals surface area contributed by atoms with Gasteiger partial charge in [-0.25, -0.2) is 13.1 Å². The van der Waals surface area contributed by atoms with E-state index in [1.165, 1.54) is 0 Å². The number of carbonyl (C=O) groups excluding carboxylic acids is 1. The number of hydrogen-bond acceptors (Lipinski definition) is 6. The van der Waals surface area contributed by atoms with Gasteiger partial charge >= 0.3 is 0 Å². The Kier molecular flexibility index (Phi) is 9.75. The van der Waals surface area contributed by atoms with Gasteiger partial charge in [-0.3, -0.25) is 4.79 Å². The SMILES string of the molecule is COCCOCCS(=O)(=O)NC(CC(C)C)C(=O)N1CCOCC1. The van der Waals surface area contributed by atoms with E-state index in [1.54, 1.807) is 12.0 Å². The van der Waals surface area contributed by atoms with Crippen LogP contribution in [-0.4, -0.2) is 84.3 Å². The molecule has 0 radical (unpaired) electrons. The number of methoxy groups -OCH3 is 1. The summed E-state index contributed by atoms with van der Waals surface area (Å²) >= 11 is 0. The van der Waals surface area contributed by atoms with Crippen molar-refractivity contribution in [2.24, 2.45) is 5.92 Å². The average Bonchev–Trinajstić information content (AvgIpc) is 2.53. The van der Waals surface area contributed by atoms with Gasteiger partial charge in [0.25, 0.3) is 0 Å². The van der Waals surface area contributed by atoms with E-state index in [9.17, 15) is 13.2 Å². The lowest BCUT2D eigenvalue weighted by molar-refractivity contribution is -0.137. The number of carbonyl (C=O) groups is 1. The van der Waals surface area contributed by atoms with Crippen molar-refractivity contribution in [3.8, 4) is 0 Å². The number of rotatable bonds is 11. The van der Waals surface area contributed by atoms with E-state index >= 15 is 0 Å². The van der Waals surface area contributed by atoms with Crippen molar-refractivity contribution < 1.29 is 27.4 Å². The average molecular weight is 366 g/mol. The molecule has 0 aromatic heterocycles. The van der Waals surface area contributed by atoms with Crippen LogP contribution in [0, 0.1) is 5.92 Å². The van der Waals surface area contributed by atoms with Crippen molar-refractivity contribution >= 4 is 15.9 Å². The normalized spacial score (nSPS) is 17.2. The lowest BCUT2D eigenvalue weighted by atomic mass is 10.0. The Morgan fingerprint density at radius 1 is 1.21 bits per heavy atom. The summed E-state index contributed by atoms with van der Waals surface area (Å²) in [4.78, 5) is 14.3. The third-order valence-corrected chi connectivity index (χ3v) is 4.93. The van der Waals surface area contributed by atoms with Gasteiger partial charge in [0.2, 0.25) is 15.9 Å². The summed E-state index contributed by atoms with van der Waals surface area (Å²) in [5.41, 5.74) is 0. The van der Waals surface area contributed by atoms with Crippen LogP contribution >= 0.6 is 0 Å². The number of amides is 1. The van der Waals surface area contributed by atoms with E-state index in [2.05, 4.69) is 4.72 Å². The second-order valence-corrected chi connectivity index (χ2v) is 8.04. The summed E-state index contributed by atoms with van der Waals surface area (Å²) in [5.74, 6) is -0.168. The standard InChI is InChI=1S/C15H30N2O6S/c1-13(2)12-14(15(18)17-4-6-22-7-5-17)16-24(19,20)11-10-23-9-8-21-3/h13-14,16H,4-12H2,1-3H3. The molecule has 0 spiro atoms. The van der Waals surface area contributed by atoms with Crippen molar-refractivity contribution in [3.05, 3.63) is 0 Å². The number of morpholine rings is 1. The maximum atomic E-state index is 12.6. The third kappa shape index (κ3) is 8.39. The fraction of sp³-hybridized carbons (Fsp3) is 0.933. The van der Waals surface area contributed by atoms with Crippen LogP contribution in [0.4, 0.5) is 0 Å². The Balaban J connectivity index is 2.58. The Morgan fingerprint density at radius 3 is 2.46 bits per heavy atom. The maximum absolute atomic E-state index is 12.6. The van der Waals surface area contributed by atoms with Crippen LogP contribution in [0.1, 0.15) is 20.3 Å². The summed E-state index contributed by atoms with van der Waals surface area (Å²) in [7, 11) is -2.04. The van der Waals surface area contributed by atoms with Gasteiger partial charge < -0.3 is 19.1 Å². The molecule has 1 rings (SSSR count). The molecule has 1 heterocycles. The van der Waals surface area contributed by atoms with E-state index < -0.39 is 16.1 Å². The molecule has 1 amide bonds. The van der Waals surface area contributed by atoms with Crippen LogP contribution in [0.5, 0.6) is 0 Å².